The highest BCUT2D eigenvalue weighted by molar-refractivity contribution is 5.56. The van der Waals surface area contributed by atoms with Gasteiger partial charge in [0.15, 0.2) is 11.4 Å². The third-order valence-corrected chi connectivity index (χ3v) is 4.74. The van der Waals surface area contributed by atoms with E-state index in [9.17, 15) is 10.2 Å². The average molecular weight is 324 g/mol. The van der Waals surface area contributed by atoms with E-state index in [0.717, 1.165) is 23.4 Å². The number of imidazole rings is 1. The summed E-state index contributed by atoms with van der Waals surface area (Å²) < 4.78 is 8.04. The molecule has 1 aromatic carbocycles. The Morgan fingerprint density at radius 2 is 2.08 bits per heavy atom. The van der Waals surface area contributed by atoms with Crippen LogP contribution in [0.25, 0.3) is 5.65 Å². The van der Waals surface area contributed by atoms with Crippen LogP contribution in [0.1, 0.15) is 35.0 Å². The Bertz CT molecular complexity index is 887. The van der Waals surface area contributed by atoms with E-state index in [1.54, 1.807) is 0 Å². The van der Waals surface area contributed by atoms with Gasteiger partial charge in [0.05, 0.1) is 24.1 Å². The molecule has 0 fully saturated rings. The summed E-state index contributed by atoms with van der Waals surface area (Å²) in [6.45, 7) is 1.79. The lowest BCUT2D eigenvalue weighted by molar-refractivity contribution is 0.0233. The van der Waals surface area contributed by atoms with Crippen LogP contribution in [0.3, 0.4) is 0 Å². The topological polar surface area (TPSA) is 67.0 Å². The lowest BCUT2D eigenvalue weighted by Crippen LogP contribution is -2.29. The molecule has 2 atom stereocenters. The van der Waals surface area contributed by atoms with Crippen molar-refractivity contribution in [2.75, 3.05) is 0 Å². The van der Waals surface area contributed by atoms with E-state index >= 15 is 0 Å². The number of aryl methyl sites for hydroxylation is 2. The molecule has 2 unspecified atom stereocenters. The van der Waals surface area contributed by atoms with Crippen molar-refractivity contribution >= 4 is 5.65 Å². The predicted octanol–water partition coefficient (Wildman–Crippen LogP) is 2.56. The largest absolute Gasteiger partial charge is 0.479 e. The number of aliphatic hydroxyl groups excluding tert-OH is 2. The number of aromatic nitrogens is 2. The van der Waals surface area contributed by atoms with Crippen molar-refractivity contribution < 1.29 is 14.9 Å². The number of pyridine rings is 1. The molecule has 24 heavy (non-hydrogen) atoms. The highest BCUT2D eigenvalue weighted by Gasteiger charge is 2.30. The van der Waals surface area contributed by atoms with Gasteiger partial charge in [-0.25, -0.2) is 4.98 Å². The minimum atomic E-state index is -0.548. The molecule has 0 saturated carbocycles. The molecular formula is C19H20N2O3. The molecule has 5 heteroatoms. The zero-order chi connectivity index (χ0) is 16.7. The van der Waals surface area contributed by atoms with Crippen LogP contribution in [0.5, 0.6) is 5.75 Å². The summed E-state index contributed by atoms with van der Waals surface area (Å²) in [5, 5.41) is 20.0. The van der Waals surface area contributed by atoms with Crippen LogP contribution < -0.4 is 4.74 Å². The Hall–Kier alpha value is -2.37. The Morgan fingerprint density at radius 3 is 2.92 bits per heavy atom. The van der Waals surface area contributed by atoms with Crippen molar-refractivity contribution in [3.8, 4) is 5.75 Å². The van der Waals surface area contributed by atoms with E-state index in [1.165, 1.54) is 5.56 Å². The molecule has 2 N–H and O–H groups in total. The number of benzene rings is 1. The molecule has 2 heterocycles. The second kappa shape index (κ2) is 5.92. The summed E-state index contributed by atoms with van der Waals surface area (Å²) in [5.41, 5.74) is 4.44. The van der Waals surface area contributed by atoms with Crippen molar-refractivity contribution in [2.45, 2.75) is 38.6 Å². The van der Waals surface area contributed by atoms with Crippen molar-refractivity contribution in [1.82, 2.24) is 9.38 Å². The number of hydrogen-bond donors (Lipinski definition) is 2. The van der Waals surface area contributed by atoms with Crippen LogP contribution >= 0.6 is 0 Å². The molecule has 4 rings (SSSR count). The van der Waals surface area contributed by atoms with E-state index < -0.39 is 12.2 Å². The van der Waals surface area contributed by atoms with Gasteiger partial charge in [0, 0.05) is 6.20 Å². The monoisotopic (exact) mass is 324 g/mol. The maximum atomic E-state index is 10.5. The van der Waals surface area contributed by atoms with E-state index in [4.69, 9.17) is 4.74 Å². The molecule has 0 amide bonds. The van der Waals surface area contributed by atoms with Gasteiger partial charge < -0.3 is 14.9 Å². The molecule has 0 spiro atoms. The zero-order valence-electron chi connectivity index (χ0n) is 13.5. The molecule has 0 aliphatic heterocycles. The van der Waals surface area contributed by atoms with Crippen molar-refractivity contribution in [2.24, 2.45) is 0 Å². The first kappa shape index (κ1) is 15.2. The number of rotatable bonds is 3. The number of aliphatic hydroxyl groups is 2. The van der Waals surface area contributed by atoms with Gasteiger partial charge in [-0.2, -0.15) is 0 Å². The van der Waals surface area contributed by atoms with Crippen LogP contribution in [-0.2, 0) is 13.0 Å². The van der Waals surface area contributed by atoms with E-state index in [-0.39, 0.29) is 6.61 Å². The summed E-state index contributed by atoms with van der Waals surface area (Å²) in [4.78, 5) is 4.53. The fraction of sp³-hybridized carbons (Fsp3) is 0.316. The quantitative estimate of drug-likeness (QED) is 0.777. The summed E-state index contributed by atoms with van der Waals surface area (Å²) >= 11 is 0. The molecule has 0 saturated heterocycles. The van der Waals surface area contributed by atoms with E-state index in [0.29, 0.717) is 17.8 Å². The van der Waals surface area contributed by atoms with Crippen molar-refractivity contribution in [3.63, 3.8) is 0 Å². The molecule has 0 radical (unpaired) electrons. The molecule has 124 valence electrons. The maximum Gasteiger partial charge on any atom is 0.180 e. The van der Waals surface area contributed by atoms with Crippen LogP contribution in [0, 0.1) is 6.92 Å². The van der Waals surface area contributed by atoms with Crippen LogP contribution in [0.15, 0.2) is 42.6 Å². The first-order valence-corrected chi connectivity index (χ1v) is 8.19. The number of hydrogen-bond acceptors (Lipinski definition) is 4. The molecule has 3 aromatic rings. The summed E-state index contributed by atoms with van der Waals surface area (Å²) in [5.74, 6) is 0.612. The molecule has 0 bridgehead atoms. The maximum absolute atomic E-state index is 10.5. The third kappa shape index (κ3) is 2.37. The lowest BCUT2D eigenvalue weighted by Gasteiger charge is -2.30. The van der Waals surface area contributed by atoms with Gasteiger partial charge in [-0.05, 0) is 43.0 Å². The number of nitrogens with zero attached hydrogens (tertiary/aromatic N) is 2. The van der Waals surface area contributed by atoms with Gasteiger partial charge in [0.2, 0.25) is 0 Å². The fourth-order valence-electron chi connectivity index (χ4n) is 3.47. The van der Waals surface area contributed by atoms with Gasteiger partial charge in [0.25, 0.3) is 0 Å². The SMILES string of the molecule is Cc1nc2c(OC3c4ccccc4CCC3O)cccn2c1CO. The first-order valence-electron chi connectivity index (χ1n) is 8.19. The fourth-order valence-corrected chi connectivity index (χ4v) is 3.47. The minimum Gasteiger partial charge on any atom is -0.479 e. The van der Waals surface area contributed by atoms with Crippen LogP contribution in [0.2, 0.25) is 0 Å². The Labute approximate surface area is 140 Å². The molecule has 1 aliphatic carbocycles. The van der Waals surface area contributed by atoms with Crippen LogP contribution in [-0.4, -0.2) is 25.7 Å². The van der Waals surface area contributed by atoms with Gasteiger partial charge in [-0.3, -0.25) is 4.40 Å². The summed E-state index contributed by atoms with van der Waals surface area (Å²) in [7, 11) is 0. The minimum absolute atomic E-state index is 0.0780. The predicted molar refractivity (Wildman–Crippen MR) is 90.0 cm³/mol. The van der Waals surface area contributed by atoms with E-state index in [2.05, 4.69) is 11.1 Å². The standard InChI is InChI=1S/C19H20N2O3/c1-12-15(11-22)21-10-4-7-17(19(21)20-12)24-18-14-6-3-2-5-13(14)8-9-16(18)23/h2-7,10,16,18,22-23H,8-9,11H2,1H3. The molecule has 5 nitrogen and oxygen atoms in total. The molecular weight excluding hydrogens is 304 g/mol. The molecule has 2 aromatic heterocycles. The smallest absolute Gasteiger partial charge is 0.180 e. The number of fused-ring (bicyclic) bond motifs is 2. The van der Waals surface area contributed by atoms with Gasteiger partial charge in [0.1, 0.15) is 6.10 Å². The summed E-state index contributed by atoms with van der Waals surface area (Å²) in [6.07, 6.45) is 2.45. The van der Waals surface area contributed by atoms with Gasteiger partial charge in [-0.1, -0.05) is 24.3 Å². The van der Waals surface area contributed by atoms with E-state index in [1.807, 2.05) is 47.9 Å². The highest BCUT2D eigenvalue weighted by atomic mass is 16.5. The second-order valence-corrected chi connectivity index (χ2v) is 6.21. The Balaban J connectivity index is 1.77. The lowest BCUT2D eigenvalue weighted by atomic mass is 9.87. The Morgan fingerprint density at radius 1 is 1.25 bits per heavy atom. The zero-order valence-corrected chi connectivity index (χ0v) is 13.5. The number of ether oxygens (including phenoxy) is 1. The first-order chi connectivity index (χ1) is 11.7. The van der Waals surface area contributed by atoms with Crippen molar-refractivity contribution in [3.05, 3.63) is 65.1 Å². The van der Waals surface area contributed by atoms with Gasteiger partial charge in [-0.15, -0.1) is 0 Å². The average Bonchev–Trinajstić information content (AvgIpc) is 2.93. The Kier molecular flexibility index (Phi) is 3.75. The second-order valence-electron chi connectivity index (χ2n) is 6.21. The molecule has 1 aliphatic rings. The van der Waals surface area contributed by atoms with Crippen LogP contribution in [0.4, 0.5) is 0 Å². The normalized spacial score (nSPS) is 20.1. The third-order valence-electron chi connectivity index (χ3n) is 4.74. The summed E-state index contributed by atoms with van der Waals surface area (Å²) in [6, 6.07) is 11.8. The highest BCUT2D eigenvalue weighted by Crippen LogP contribution is 2.35. The van der Waals surface area contributed by atoms with Crippen molar-refractivity contribution in [1.29, 1.82) is 0 Å². The van der Waals surface area contributed by atoms with Gasteiger partial charge >= 0.3 is 0 Å².